The molecule has 0 aromatic heterocycles. The molecule has 3 aromatic carbocycles. The molecule has 4 amide bonds. The largest absolute Gasteiger partial charge is 0.488 e. The molecule has 3 aromatic rings. The zero-order valence-corrected chi connectivity index (χ0v) is 22.2. The van der Waals surface area contributed by atoms with Crippen LogP contribution in [0.4, 0.5) is 10.5 Å². The second kappa shape index (κ2) is 9.85. The second-order valence-electron chi connectivity index (χ2n) is 7.60. The van der Waals surface area contributed by atoms with Gasteiger partial charge in [0.05, 0.1) is 9.26 Å². The Morgan fingerprint density at radius 1 is 0.943 bits per heavy atom. The molecule has 1 saturated heterocycles. The van der Waals surface area contributed by atoms with E-state index in [-0.39, 0.29) is 18.1 Å². The highest BCUT2D eigenvalue weighted by molar-refractivity contribution is 14.1. The van der Waals surface area contributed by atoms with Crippen molar-refractivity contribution >= 4 is 74.8 Å². The van der Waals surface area contributed by atoms with Gasteiger partial charge < -0.3 is 14.2 Å². The number of hydrogen-bond acceptors (Lipinski definition) is 6. The molecule has 0 atom stereocenters. The third-order valence-corrected chi connectivity index (χ3v) is 6.85. The van der Waals surface area contributed by atoms with E-state index in [1.807, 2.05) is 24.3 Å². The van der Waals surface area contributed by atoms with Gasteiger partial charge in [0, 0.05) is 9.64 Å². The molecular formula is C25H16I2N2O6. The Balaban J connectivity index is 1.37. The van der Waals surface area contributed by atoms with Crippen LogP contribution in [0.5, 0.6) is 17.2 Å². The number of imide groups is 2. The number of amides is 4. The molecule has 8 nitrogen and oxygen atoms in total. The lowest BCUT2D eigenvalue weighted by molar-refractivity contribution is -0.122. The molecule has 1 N–H and O–H groups in total. The number of nitrogens with zero attached hydrogens (tertiary/aromatic N) is 1. The number of urea groups is 1. The Hall–Kier alpha value is -3.13. The summed E-state index contributed by atoms with van der Waals surface area (Å²) in [4.78, 5) is 39.0. The summed E-state index contributed by atoms with van der Waals surface area (Å²) in [6, 6.07) is 17.2. The number of barbiturate groups is 1. The van der Waals surface area contributed by atoms with Crippen molar-refractivity contribution in [2.45, 2.75) is 6.61 Å². The molecule has 0 saturated carbocycles. The van der Waals surface area contributed by atoms with Gasteiger partial charge in [0.2, 0.25) is 6.79 Å². The lowest BCUT2D eigenvalue weighted by Gasteiger charge is -2.26. The van der Waals surface area contributed by atoms with E-state index in [9.17, 15) is 14.4 Å². The third kappa shape index (κ3) is 4.98. The predicted octanol–water partition coefficient (Wildman–Crippen LogP) is 4.87. The average Bonchev–Trinajstić information content (AvgIpc) is 3.30. The molecule has 0 bridgehead atoms. The van der Waals surface area contributed by atoms with E-state index in [1.54, 1.807) is 30.3 Å². The van der Waals surface area contributed by atoms with Crippen LogP contribution in [0, 0.1) is 7.14 Å². The first-order valence-corrected chi connectivity index (χ1v) is 12.5. The SMILES string of the molecule is O=C1NC(=O)N(c2ccc3c(c2)OCO3)C(=O)/C1=C/c1ccc(OCc2ccc(I)cc2)c(I)c1. The van der Waals surface area contributed by atoms with Crippen LogP contribution in [0.2, 0.25) is 0 Å². The minimum atomic E-state index is -0.829. The van der Waals surface area contributed by atoms with Crippen molar-refractivity contribution < 1.29 is 28.6 Å². The molecule has 2 aliphatic rings. The predicted molar refractivity (Wildman–Crippen MR) is 144 cm³/mol. The van der Waals surface area contributed by atoms with E-state index in [2.05, 4.69) is 50.5 Å². The van der Waals surface area contributed by atoms with Gasteiger partial charge in [-0.05, 0) is 98.8 Å². The van der Waals surface area contributed by atoms with Crippen LogP contribution >= 0.6 is 45.2 Å². The molecular weight excluding hydrogens is 678 g/mol. The highest BCUT2D eigenvalue weighted by atomic mass is 127. The van der Waals surface area contributed by atoms with Crippen molar-refractivity contribution in [2.75, 3.05) is 11.7 Å². The first-order valence-electron chi connectivity index (χ1n) is 10.4. The van der Waals surface area contributed by atoms with Gasteiger partial charge in [0.15, 0.2) is 11.5 Å². The van der Waals surface area contributed by atoms with Crippen molar-refractivity contribution in [3.05, 3.63) is 84.5 Å². The van der Waals surface area contributed by atoms with Crippen LogP contribution in [0.25, 0.3) is 6.08 Å². The van der Waals surface area contributed by atoms with Crippen molar-refractivity contribution in [1.82, 2.24) is 5.32 Å². The summed E-state index contributed by atoms with van der Waals surface area (Å²) in [6.45, 7) is 0.479. The van der Waals surface area contributed by atoms with E-state index in [1.165, 1.54) is 12.1 Å². The number of rotatable bonds is 5. The van der Waals surface area contributed by atoms with Gasteiger partial charge in [0.1, 0.15) is 17.9 Å². The Labute approximate surface area is 227 Å². The van der Waals surface area contributed by atoms with Crippen LogP contribution in [-0.2, 0) is 16.2 Å². The fourth-order valence-corrected chi connectivity index (χ4v) is 4.60. The fourth-order valence-electron chi connectivity index (χ4n) is 3.55. The van der Waals surface area contributed by atoms with Crippen LogP contribution < -0.4 is 24.4 Å². The third-order valence-electron chi connectivity index (χ3n) is 5.29. The van der Waals surface area contributed by atoms with Gasteiger partial charge in [-0.15, -0.1) is 0 Å². The molecule has 2 heterocycles. The number of carbonyl (C=O) groups is 3. The molecule has 1 fully saturated rings. The standard InChI is InChI=1S/C25H16I2N2O6/c26-16-4-1-14(2-5-16)12-33-20-7-3-15(10-19(20)27)9-18-23(30)28-25(32)29(24(18)31)17-6-8-21-22(11-17)35-13-34-21/h1-11H,12-13H2,(H,28,30,32)/b18-9+. The van der Waals surface area contributed by atoms with E-state index >= 15 is 0 Å². The summed E-state index contributed by atoms with van der Waals surface area (Å²) in [5.74, 6) is 0.130. The summed E-state index contributed by atoms with van der Waals surface area (Å²) in [5, 5.41) is 2.22. The number of benzene rings is 3. The van der Waals surface area contributed by atoms with E-state index in [4.69, 9.17) is 14.2 Å². The van der Waals surface area contributed by atoms with Crippen LogP contribution in [0.15, 0.2) is 66.2 Å². The summed E-state index contributed by atoms with van der Waals surface area (Å²) in [6.07, 6.45) is 1.45. The molecule has 35 heavy (non-hydrogen) atoms. The van der Waals surface area contributed by atoms with Gasteiger partial charge >= 0.3 is 6.03 Å². The lowest BCUT2D eigenvalue weighted by Crippen LogP contribution is -2.54. The normalized spacial score (nSPS) is 16.0. The summed E-state index contributed by atoms with van der Waals surface area (Å²) < 4.78 is 18.5. The topological polar surface area (TPSA) is 94.2 Å². The quantitative estimate of drug-likeness (QED) is 0.233. The minimum absolute atomic E-state index is 0.0611. The van der Waals surface area contributed by atoms with Gasteiger partial charge in [-0.25, -0.2) is 9.69 Å². The van der Waals surface area contributed by atoms with Gasteiger partial charge in [-0.3, -0.25) is 14.9 Å². The smallest absolute Gasteiger partial charge is 0.335 e. The maximum Gasteiger partial charge on any atom is 0.335 e. The van der Waals surface area contributed by atoms with Gasteiger partial charge in [-0.2, -0.15) is 0 Å². The molecule has 10 heteroatoms. The Morgan fingerprint density at radius 3 is 2.49 bits per heavy atom. The number of ether oxygens (including phenoxy) is 3. The molecule has 0 radical (unpaired) electrons. The molecule has 0 aliphatic carbocycles. The van der Waals surface area contributed by atoms with Crippen molar-refractivity contribution in [3.63, 3.8) is 0 Å². The lowest BCUT2D eigenvalue weighted by atomic mass is 10.1. The van der Waals surface area contributed by atoms with E-state index in [0.717, 1.165) is 17.6 Å². The maximum absolute atomic E-state index is 13.2. The van der Waals surface area contributed by atoms with E-state index < -0.39 is 17.8 Å². The van der Waals surface area contributed by atoms with E-state index in [0.29, 0.717) is 29.4 Å². The van der Waals surface area contributed by atoms with Crippen molar-refractivity contribution in [1.29, 1.82) is 0 Å². The zero-order valence-electron chi connectivity index (χ0n) is 17.9. The fraction of sp³-hybridized carbons (Fsp3) is 0.0800. The monoisotopic (exact) mass is 694 g/mol. The van der Waals surface area contributed by atoms with Crippen molar-refractivity contribution in [3.8, 4) is 17.2 Å². The molecule has 176 valence electrons. The molecule has 5 rings (SSSR count). The summed E-state index contributed by atoms with van der Waals surface area (Å²) in [7, 11) is 0. The molecule has 0 unspecified atom stereocenters. The Morgan fingerprint density at radius 2 is 1.71 bits per heavy atom. The zero-order chi connectivity index (χ0) is 24.5. The van der Waals surface area contributed by atoms with Crippen LogP contribution in [0.3, 0.4) is 0 Å². The van der Waals surface area contributed by atoms with Crippen LogP contribution in [-0.4, -0.2) is 24.6 Å². The minimum Gasteiger partial charge on any atom is -0.488 e. The second-order valence-corrected chi connectivity index (χ2v) is 10.0. The molecule has 0 spiro atoms. The summed E-state index contributed by atoms with van der Waals surface area (Å²) >= 11 is 4.39. The van der Waals surface area contributed by atoms with Gasteiger partial charge in [-0.1, -0.05) is 18.2 Å². The first-order chi connectivity index (χ1) is 16.9. The average molecular weight is 694 g/mol. The Kier molecular flexibility index (Phi) is 6.65. The number of nitrogens with one attached hydrogen (secondary N) is 1. The maximum atomic E-state index is 13.2. The highest BCUT2D eigenvalue weighted by Gasteiger charge is 2.37. The number of carbonyl (C=O) groups excluding carboxylic acids is 3. The number of anilines is 1. The van der Waals surface area contributed by atoms with Crippen LogP contribution in [0.1, 0.15) is 11.1 Å². The molecule has 2 aliphatic heterocycles. The first kappa shape index (κ1) is 23.6. The number of fused-ring (bicyclic) bond motifs is 1. The number of hydrogen-bond donors (Lipinski definition) is 1. The Bertz CT molecular complexity index is 1390. The van der Waals surface area contributed by atoms with Gasteiger partial charge in [0.25, 0.3) is 11.8 Å². The van der Waals surface area contributed by atoms with Crippen molar-refractivity contribution in [2.24, 2.45) is 0 Å². The summed E-state index contributed by atoms with van der Waals surface area (Å²) in [5.41, 5.74) is 1.77. The number of halogens is 2. The highest BCUT2D eigenvalue weighted by Crippen LogP contribution is 2.36.